The average Bonchev–Trinajstić information content (AvgIpc) is 2.60. The van der Waals surface area contributed by atoms with Crippen LogP contribution in [0.4, 0.5) is 5.69 Å². The Bertz CT molecular complexity index is 784. The van der Waals surface area contributed by atoms with Gasteiger partial charge in [0.2, 0.25) is 0 Å². The summed E-state index contributed by atoms with van der Waals surface area (Å²) in [5.74, 6) is -2.56. The van der Waals surface area contributed by atoms with Crippen molar-refractivity contribution in [3.05, 3.63) is 51.2 Å². The van der Waals surface area contributed by atoms with E-state index in [0.29, 0.717) is 5.70 Å². The van der Waals surface area contributed by atoms with Crippen molar-refractivity contribution in [1.29, 1.82) is 0 Å². The minimum Gasteiger partial charge on any atom is -0.464 e. The Kier molecular flexibility index (Phi) is 5.48. The molecule has 0 saturated carbocycles. The SMILES string of the molecule is CCOC(=O)C1=C(C)NN=C(C(=O)OC)[C@H]1c1ccccc1[N+](=O)[O-]. The number of nitro groups is 1. The Morgan fingerprint density at radius 2 is 2.00 bits per heavy atom. The third-order valence-electron chi connectivity index (χ3n) is 3.64. The molecule has 1 aromatic rings. The van der Waals surface area contributed by atoms with E-state index in [0.717, 1.165) is 7.11 Å². The Morgan fingerprint density at radius 1 is 1.32 bits per heavy atom. The highest BCUT2D eigenvalue weighted by Gasteiger charge is 2.40. The van der Waals surface area contributed by atoms with Gasteiger partial charge in [-0.2, -0.15) is 5.10 Å². The Morgan fingerprint density at radius 3 is 2.60 bits per heavy atom. The first-order valence-electron chi connectivity index (χ1n) is 7.45. The molecule has 25 heavy (non-hydrogen) atoms. The van der Waals surface area contributed by atoms with Crippen LogP contribution in [0.15, 0.2) is 40.6 Å². The van der Waals surface area contributed by atoms with Crippen LogP contribution in [0.1, 0.15) is 25.3 Å². The van der Waals surface area contributed by atoms with Gasteiger partial charge in [0.25, 0.3) is 5.69 Å². The van der Waals surface area contributed by atoms with Gasteiger partial charge in [-0.1, -0.05) is 18.2 Å². The van der Waals surface area contributed by atoms with Crippen molar-refractivity contribution in [2.75, 3.05) is 13.7 Å². The number of para-hydroxylation sites is 1. The number of hydrogen-bond acceptors (Lipinski definition) is 8. The van der Waals surface area contributed by atoms with E-state index < -0.39 is 22.8 Å². The van der Waals surface area contributed by atoms with Gasteiger partial charge in [0.1, 0.15) is 0 Å². The molecule has 1 heterocycles. The summed E-state index contributed by atoms with van der Waals surface area (Å²) in [5.41, 5.74) is 2.75. The molecule has 9 heteroatoms. The number of hydrogen-bond donors (Lipinski definition) is 1. The monoisotopic (exact) mass is 347 g/mol. The lowest BCUT2D eigenvalue weighted by Gasteiger charge is -2.25. The van der Waals surface area contributed by atoms with Gasteiger partial charge in [-0.15, -0.1) is 0 Å². The van der Waals surface area contributed by atoms with Crippen LogP contribution >= 0.6 is 0 Å². The van der Waals surface area contributed by atoms with Gasteiger partial charge < -0.3 is 9.47 Å². The molecule has 0 bridgehead atoms. The third kappa shape index (κ3) is 3.49. The number of methoxy groups -OCH3 is 1. The zero-order valence-electron chi connectivity index (χ0n) is 13.9. The number of nitrogens with zero attached hydrogens (tertiary/aromatic N) is 2. The predicted octanol–water partition coefficient (Wildman–Crippen LogP) is 1.65. The predicted molar refractivity (Wildman–Crippen MR) is 87.8 cm³/mol. The van der Waals surface area contributed by atoms with Gasteiger partial charge in [-0.25, -0.2) is 9.59 Å². The molecule has 2 rings (SSSR count). The van der Waals surface area contributed by atoms with E-state index in [1.807, 2.05) is 0 Å². The quantitative estimate of drug-likeness (QED) is 0.488. The molecule has 0 unspecified atom stereocenters. The number of rotatable bonds is 5. The van der Waals surface area contributed by atoms with Crippen LogP contribution in [0.5, 0.6) is 0 Å². The molecule has 1 aliphatic heterocycles. The van der Waals surface area contributed by atoms with E-state index in [9.17, 15) is 19.7 Å². The second kappa shape index (κ2) is 7.56. The summed E-state index contributed by atoms with van der Waals surface area (Å²) in [4.78, 5) is 35.4. The minimum absolute atomic E-state index is 0.0755. The molecule has 0 spiro atoms. The van der Waals surface area contributed by atoms with Crippen LogP contribution in [0.2, 0.25) is 0 Å². The number of esters is 2. The fourth-order valence-electron chi connectivity index (χ4n) is 2.57. The highest BCUT2D eigenvalue weighted by atomic mass is 16.6. The summed E-state index contributed by atoms with van der Waals surface area (Å²) < 4.78 is 9.76. The molecule has 0 saturated heterocycles. The normalized spacial score (nSPS) is 16.6. The molecule has 9 nitrogen and oxygen atoms in total. The van der Waals surface area contributed by atoms with Gasteiger partial charge >= 0.3 is 11.9 Å². The molecule has 1 atom stereocenters. The first-order chi connectivity index (χ1) is 11.9. The molecule has 1 N–H and O–H groups in total. The Hall–Kier alpha value is -3.23. The van der Waals surface area contributed by atoms with Gasteiger partial charge in [0.05, 0.1) is 30.1 Å². The van der Waals surface area contributed by atoms with E-state index >= 15 is 0 Å². The summed E-state index contributed by atoms with van der Waals surface area (Å²) in [5, 5.41) is 15.3. The maximum atomic E-state index is 12.4. The highest BCUT2D eigenvalue weighted by molar-refractivity contribution is 6.40. The molecule has 0 amide bonds. The van der Waals surface area contributed by atoms with Crippen LogP contribution in [-0.4, -0.2) is 36.3 Å². The van der Waals surface area contributed by atoms with Gasteiger partial charge in [0.15, 0.2) is 5.71 Å². The number of nitro benzene ring substituents is 1. The van der Waals surface area contributed by atoms with Crippen LogP contribution in [0.25, 0.3) is 0 Å². The van der Waals surface area contributed by atoms with Crippen molar-refractivity contribution in [2.24, 2.45) is 5.10 Å². The number of allylic oxidation sites excluding steroid dienone is 1. The number of carbonyl (C=O) groups excluding carboxylic acids is 2. The topological polar surface area (TPSA) is 120 Å². The van der Waals surface area contributed by atoms with Crippen molar-refractivity contribution in [3.63, 3.8) is 0 Å². The number of nitrogens with one attached hydrogen (secondary N) is 1. The zero-order valence-corrected chi connectivity index (χ0v) is 13.9. The fourth-order valence-corrected chi connectivity index (χ4v) is 2.57. The van der Waals surface area contributed by atoms with Crippen molar-refractivity contribution in [2.45, 2.75) is 19.8 Å². The number of carbonyl (C=O) groups is 2. The van der Waals surface area contributed by atoms with Crippen LogP contribution in [0.3, 0.4) is 0 Å². The number of hydrazone groups is 1. The van der Waals surface area contributed by atoms with E-state index in [2.05, 4.69) is 10.5 Å². The van der Waals surface area contributed by atoms with E-state index in [1.54, 1.807) is 19.9 Å². The van der Waals surface area contributed by atoms with E-state index in [-0.39, 0.29) is 29.1 Å². The lowest BCUT2D eigenvalue weighted by Crippen LogP contribution is -2.36. The average molecular weight is 347 g/mol. The maximum absolute atomic E-state index is 12.4. The molecule has 1 aliphatic rings. The van der Waals surface area contributed by atoms with Crippen LogP contribution < -0.4 is 5.43 Å². The molecule has 0 aliphatic carbocycles. The summed E-state index contributed by atoms with van der Waals surface area (Å²) in [6, 6.07) is 5.85. The van der Waals surface area contributed by atoms with Crippen LogP contribution in [-0.2, 0) is 19.1 Å². The first-order valence-corrected chi connectivity index (χ1v) is 7.45. The summed E-state index contributed by atoms with van der Waals surface area (Å²) in [6.07, 6.45) is 0. The van der Waals surface area contributed by atoms with Gasteiger partial charge in [-0.05, 0) is 13.8 Å². The van der Waals surface area contributed by atoms with E-state index in [4.69, 9.17) is 9.47 Å². The highest BCUT2D eigenvalue weighted by Crippen LogP contribution is 2.36. The van der Waals surface area contributed by atoms with Crippen molar-refractivity contribution in [3.8, 4) is 0 Å². The summed E-state index contributed by atoms with van der Waals surface area (Å²) in [7, 11) is 1.16. The summed E-state index contributed by atoms with van der Waals surface area (Å²) >= 11 is 0. The van der Waals surface area contributed by atoms with Crippen molar-refractivity contribution < 1.29 is 24.0 Å². The Balaban J connectivity index is 2.69. The zero-order chi connectivity index (χ0) is 18.6. The Labute approximate surface area is 143 Å². The van der Waals surface area contributed by atoms with Gasteiger partial charge in [0, 0.05) is 17.3 Å². The molecular weight excluding hydrogens is 330 g/mol. The largest absolute Gasteiger partial charge is 0.464 e. The lowest BCUT2D eigenvalue weighted by molar-refractivity contribution is -0.385. The summed E-state index contributed by atoms with van der Waals surface area (Å²) in [6.45, 7) is 3.33. The maximum Gasteiger partial charge on any atom is 0.355 e. The molecule has 0 aromatic heterocycles. The number of ether oxygens (including phenoxy) is 2. The number of benzene rings is 1. The lowest BCUT2D eigenvalue weighted by atomic mass is 9.84. The second-order valence-electron chi connectivity index (χ2n) is 5.11. The van der Waals surface area contributed by atoms with Crippen molar-refractivity contribution >= 4 is 23.3 Å². The van der Waals surface area contributed by atoms with Crippen molar-refractivity contribution in [1.82, 2.24) is 5.43 Å². The van der Waals surface area contributed by atoms with Crippen LogP contribution in [0, 0.1) is 10.1 Å². The minimum atomic E-state index is -1.07. The fraction of sp³-hybridized carbons (Fsp3) is 0.312. The smallest absolute Gasteiger partial charge is 0.355 e. The van der Waals surface area contributed by atoms with Gasteiger partial charge in [-0.3, -0.25) is 15.5 Å². The standard InChI is InChI=1S/C16H17N3O6/c1-4-25-15(20)12-9(2)17-18-14(16(21)24-3)13(12)10-7-5-6-8-11(10)19(22)23/h5-8,13,17H,4H2,1-3H3/t13-/m0/s1. The molecule has 0 fully saturated rings. The molecular formula is C16H17N3O6. The second-order valence-corrected chi connectivity index (χ2v) is 5.11. The molecule has 0 radical (unpaired) electrons. The molecule has 132 valence electrons. The van der Waals surface area contributed by atoms with E-state index in [1.165, 1.54) is 18.2 Å². The first kappa shape index (κ1) is 18.1. The third-order valence-corrected chi connectivity index (χ3v) is 3.64. The molecule has 1 aromatic carbocycles.